The molecule has 0 aliphatic carbocycles. The van der Waals surface area contributed by atoms with Crippen LogP contribution in [-0.4, -0.2) is 41.6 Å². The molecule has 1 aliphatic heterocycles. The molecule has 0 bridgehead atoms. The average molecular weight is 274 g/mol. The van der Waals surface area contributed by atoms with Crippen LogP contribution in [-0.2, 0) is 14.8 Å². The summed E-state index contributed by atoms with van der Waals surface area (Å²) in [7, 11) is -3.85. The number of sulfonamides is 1. The molecule has 6 nitrogen and oxygen atoms in total. The predicted octanol–water partition coefficient (Wildman–Crippen LogP) is 0.948. The van der Waals surface area contributed by atoms with Crippen LogP contribution in [0, 0.1) is 11.3 Å². The second-order valence-electron chi connectivity index (χ2n) is 4.39. The molecular weight excluding hydrogens is 256 g/mol. The highest BCUT2D eigenvalue weighted by Crippen LogP contribution is 2.23. The molecule has 0 saturated carbocycles. The summed E-state index contributed by atoms with van der Waals surface area (Å²) in [5.74, 6) is -1.13. The van der Waals surface area contributed by atoms with Crippen LogP contribution in [0.5, 0.6) is 0 Å². The fraction of sp³-hybridized carbons (Fsp3) is 0.818. The highest BCUT2D eigenvalue weighted by Gasteiger charge is 2.39. The van der Waals surface area contributed by atoms with Crippen molar-refractivity contribution in [2.45, 2.75) is 50.3 Å². The van der Waals surface area contributed by atoms with Crippen LogP contribution in [0.25, 0.3) is 0 Å². The molecule has 1 saturated heterocycles. The summed E-state index contributed by atoms with van der Waals surface area (Å²) in [5.41, 5.74) is 0. The van der Waals surface area contributed by atoms with Crippen molar-refractivity contribution in [1.82, 2.24) is 4.31 Å². The standard InChI is InChI=1S/C11H18N2O4S/c1-2-9(8-12)18(16,17)13-7-5-3-4-6-10(13)11(14)15/h9-10H,2-7H2,1H3,(H,14,15). The quantitative estimate of drug-likeness (QED) is 0.822. The molecule has 0 aromatic carbocycles. The van der Waals surface area contributed by atoms with Gasteiger partial charge in [0, 0.05) is 6.54 Å². The Balaban J connectivity index is 3.09. The van der Waals surface area contributed by atoms with Crippen LogP contribution in [0.1, 0.15) is 39.0 Å². The summed E-state index contributed by atoms with van der Waals surface area (Å²) in [6, 6.07) is 0.719. The fourth-order valence-electron chi connectivity index (χ4n) is 2.17. The van der Waals surface area contributed by atoms with Gasteiger partial charge in [0.1, 0.15) is 6.04 Å². The molecular formula is C11H18N2O4S. The van der Waals surface area contributed by atoms with Gasteiger partial charge in [0.15, 0.2) is 5.25 Å². The van der Waals surface area contributed by atoms with Gasteiger partial charge in [-0.25, -0.2) is 8.42 Å². The maximum absolute atomic E-state index is 12.3. The third-order valence-corrected chi connectivity index (χ3v) is 5.44. The fourth-order valence-corrected chi connectivity index (χ4v) is 3.98. The maximum atomic E-state index is 12.3. The smallest absolute Gasteiger partial charge is 0.322 e. The van der Waals surface area contributed by atoms with Gasteiger partial charge in [-0.05, 0) is 19.3 Å². The van der Waals surface area contributed by atoms with Gasteiger partial charge in [-0.15, -0.1) is 0 Å². The van der Waals surface area contributed by atoms with Gasteiger partial charge in [0.05, 0.1) is 6.07 Å². The highest BCUT2D eigenvalue weighted by atomic mass is 32.2. The molecule has 1 N–H and O–H groups in total. The summed E-state index contributed by atoms with van der Waals surface area (Å²) in [6.07, 6.45) is 2.65. The number of carbonyl (C=O) groups is 1. The van der Waals surface area contributed by atoms with Crippen molar-refractivity contribution in [2.75, 3.05) is 6.54 Å². The summed E-state index contributed by atoms with van der Waals surface area (Å²) in [6.45, 7) is 1.80. The number of nitriles is 1. The van der Waals surface area contributed by atoms with Crippen molar-refractivity contribution in [3.8, 4) is 6.07 Å². The van der Waals surface area contributed by atoms with Gasteiger partial charge in [0.2, 0.25) is 10.0 Å². The zero-order valence-electron chi connectivity index (χ0n) is 10.4. The molecule has 7 heteroatoms. The van der Waals surface area contributed by atoms with E-state index >= 15 is 0 Å². The van der Waals surface area contributed by atoms with Crippen molar-refractivity contribution >= 4 is 16.0 Å². The molecule has 1 rings (SSSR count). The van der Waals surface area contributed by atoms with E-state index < -0.39 is 27.3 Å². The lowest BCUT2D eigenvalue weighted by Gasteiger charge is -2.27. The second-order valence-corrected chi connectivity index (χ2v) is 6.45. The Morgan fingerprint density at radius 2 is 2.17 bits per heavy atom. The van der Waals surface area contributed by atoms with Crippen LogP contribution in [0.15, 0.2) is 0 Å². The topological polar surface area (TPSA) is 98.5 Å². The third-order valence-electron chi connectivity index (χ3n) is 3.19. The van der Waals surface area contributed by atoms with E-state index in [4.69, 9.17) is 10.4 Å². The molecule has 0 aromatic heterocycles. The molecule has 2 atom stereocenters. The highest BCUT2D eigenvalue weighted by molar-refractivity contribution is 7.90. The van der Waals surface area contributed by atoms with Crippen molar-refractivity contribution in [1.29, 1.82) is 5.26 Å². The molecule has 1 aliphatic rings. The number of carboxylic acids is 1. The Bertz CT molecular complexity index is 440. The number of rotatable bonds is 4. The van der Waals surface area contributed by atoms with E-state index in [1.165, 1.54) is 0 Å². The number of carboxylic acid groups (broad SMARTS) is 1. The minimum atomic E-state index is -3.85. The SMILES string of the molecule is CCC(C#N)S(=O)(=O)N1CCCCCC1C(=O)O. The van der Waals surface area contributed by atoms with Crippen molar-refractivity contribution in [2.24, 2.45) is 0 Å². The molecule has 18 heavy (non-hydrogen) atoms. The second kappa shape index (κ2) is 6.16. The molecule has 0 spiro atoms. The van der Waals surface area contributed by atoms with Crippen LogP contribution in [0.3, 0.4) is 0 Å². The van der Waals surface area contributed by atoms with Crippen molar-refractivity contribution in [3.63, 3.8) is 0 Å². The van der Waals surface area contributed by atoms with Crippen LogP contribution < -0.4 is 0 Å². The Morgan fingerprint density at radius 1 is 1.50 bits per heavy atom. The minimum Gasteiger partial charge on any atom is -0.480 e. The lowest BCUT2D eigenvalue weighted by molar-refractivity contribution is -0.141. The maximum Gasteiger partial charge on any atom is 0.322 e. The summed E-state index contributed by atoms with van der Waals surface area (Å²) >= 11 is 0. The van der Waals surface area contributed by atoms with Crippen molar-refractivity contribution in [3.05, 3.63) is 0 Å². The first-order valence-electron chi connectivity index (χ1n) is 6.08. The van der Waals surface area contributed by atoms with Crippen LogP contribution >= 0.6 is 0 Å². The van der Waals surface area contributed by atoms with E-state index in [1.54, 1.807) is 13.0 Å². The summed E-state index contributed by atoms with van der Waals surface area (Å²) < 4.78 is 25.5. The molecule has 102 valence electrons. The van der Waals surface area contributed by atoms with Gasteiger partial charge >= 0.3 is 5.97 Å². The van der Waals surface area contributed by atoms with Crippen molar-refractivity contribution < 1.29 is 18.3 Å². The Hall–Kier alpha value is -1.13. The van der Waals surface area contributed by atoms with Gasteiger partial charge in [-0.3, -0.25) is 4.79 Å². The van der Waals surface area contributed by atoms with Gasteiger partial charge in [0.25, 0.3) is 0 Å². The largest absolute Gasteiger partial charge is 0.480 e. The number of nitrogens with zero attached hydrogens (tertiary/aromatic N) is 2. The number of aliphatic carboxylic acids is 1. The predicted molar refractivity (Wildman–Crippen MR) is 65.2 cm³/mol. The van der Waals surface area contributed by atoms with Crippen LogP contribution in [0.4, 0.5) is 0 Å². The number of hydrogen-bond acceptors (Lipinski definition) is 4. The monoisotopic (exact) mass is 274 g/mol. The third kappa shape index (κ3) is 3.00. The van der Waals surface area contributed by atoms with E-state index in [2.05, 4.69) is 0 Å². The Labute approximate surface area is 107 Å². The molecule has 2 unspecified atom stereocenters. The summed E-state index contributed by atoms with van der Waals surface area (Å²) in [5, 5.41) is 16.9. The Morgan fingerprint density at radius 3 is 2.67 bits per heavy atom. The normalized spacial score (nSPS) is 23.9. The molecule has 0 radical (unpaired) electrons. The van der Waals surface area contributed by atoms with E-state index in [0.29, 0.717) is 19.3 Å². The van der Waals surface area contributed by atoms with E-state index in [0.717, 1.165) is 10.7 Å². The first-order valence-corrected chi connectivity index (χ1v) is 7.58. The van der Waals surface area contributed by atoms with Gasteiger partial charge < -0.3 is 5.11 Å². The molecule has 1 fully saturated rings. The lowest BCUT2D eigenvalue weighted by Crippen LogP contribution is -2.48. The van der Waals surface area contributed by atoms with E-state index in [9.17, 15) is 13.2 Å². The molecule has 1 heterocycles. The summed E-state index contributed by atoms with van der Waals surface area (Å²) in [4.78, 5) is 11.2. The molecule has 0 aromatic rings. The van der Waals surface area contributed by atoms with E-state index in [1.807, 2.05) is 0 Å². The lowest BCUT2D eigenvalue weighted by atomic mass is 10.1. The van der Waals surface area contributed by atoms with Gasteiger partial charge in [-0.2, -0.15) is 9.57 Å². The zero-order valence-corrected chi connectivity index (χ0v) is 11.2. The number of hydrogen-bond donors (Lipinski definition) is 1. The first kappa shape index (κ1) is 14.9. The zero-order chi connectivity index (χ0) is 13.8. The van der Waals surface area contributed by atoms with Gasteiger partial charge in [-0.1, -0.05) is 19.8 Å². The first-order chi connectivity index (χ1) is 8.45. The molecule has 0 amide bonds. The minimum absolute atomic E-state index is 0.168. The van der Waals surface area contributed by atoms with Crippen LogP contribution in [0.2, 0.25) is 0 Å². The average Bonchev–Trinajstić information content (AvgIpc) is 2.55. The Kier molecular flexibility index (Phi) is 5.11. The van der Waals surface area contributed by atoms with E-state index in [-0.39, 0.29) is 13.0 Å².